The Morgan fingerprint density at radius 1 is 0.927 bits per heavy atom. The number of anilines is 2. The summed E-state index contributed by atoms with van der Waals surface area (Å²) in [5.74, 6) is -0.669. The quantitative estimate of drug-likeness (QED) is 0.256. The molecule has 1 aliphatic heterocycles. The van der Waals surface area contributed by atoms with Gasteiger partial charge in [-0.1, -0.05) is 41.9 Å². The number of benzene rings is 4. The first-order valence-corrected chi connectivity index (χ1v) is 13.6. The maximum absolute atomic E-state index is 13.8. The van der Waals surface area contributed by atoms with E-state index < -0.39 is 5.97 Å². The van der Waals surface area contributed by atoms with E-state index in [0.717, 1.165) is 22.5 Å². The Balaban J connectivity index is 1.37. The van der Waals surface area contributed by atoms with Gasteiger partial charge in [-0.3, -0.25) is 9.59 Å². The molecular weight excluding hydrogens is 540 g/mol. The molecule has 0 bridgehead atoms. The minimum Gasteiger partial charge on any atom is -0.489 e. The molecule has 7 nitrogen and oxygen atoms in total. The van der Waals surface area contributed by atoms with Crippen LogP contribution in [0.1, 0.15) is 58.2 Å². The fourth-order valence-corrected chi connectivity index (χ4v) is 5.44. The fraction of sp³-hybridized carbons (Fsp3) is 0.182. The number of halogens is 1. The van der Waals surface area contributed by atoms with Crippen LogP contribution in [0.4, 0.5) is 11.4 Å². The third kappa shape index (κ3) is 5.95. The zero-order chi connectivity index (χ0) is 29.1. The highest BCUT2D eigenvalue weighted by Gasteiger charge is 2.38. The summed E-state index contributed by atoms with van der Waals surface area (Å²) in [4.78, 5) is 41.5. The van der Waals surface area contributed by atoms with Gasteiger partial charge in [0, 0.05) is 34.9 Å². The molecule has 0 aliphatic carbocycles. The van der Waals surface area contributed by atoms with Crippen LogP contribution in [0.5, 0.6) is 5.75 Å². The minimum absolute atomic E-state index is 0.0932. The third-order valence-electron chi connectivity index (χ3n) is 7.22. The lowest BCUT2D eigenvalue weighted by molar-refractivity contribution is -0.117. The van der Waals surface area contributed by atoms with Crippen molar-refractivity contribution >= 4 is 40.8 Å². The van der Waals surface area contributed by atoms with E-state index >= 15 is 0 Å². The van der Waals surface area contributed by atoms with Crippen LogP contribution in [0.25, 0.3) is 0 Å². The van der Waals surface area contributed by atoms with Gasteiger partial charge < -0.3 is 19.6 Å². The number of fused-ring (bicyclic) bond motifs is 1. The highest BCUT2D eigenvalue weighted by Crippen LogP contribution is 2.43. The van der Waals surface area contributed by atoms with Crippen LogP contribution in [-0.4, -0.2) is 28.9 Å². The molecule has 8 heteroatoms. The van der Waals surface area contributed by atoms with Gasteiger partial charge in [0.05, 0.1) is 11.6 Å². The van der Waals surface area contributed by atoms with Crippen LogP contribution in [0.3, 0.4) is 0 Å². The van der Waals surface area contributed by atoms with Crippen LogP contribution in [-0.2, 0) is 11.4 Å². The summed E-state index contributed by atoms with van der Waals surface area (Å²) < 4.78 is 5.83. The van der Waals surface area contributed by atoms with Crippen molar-refractivity contribution in [2.75, 3.05) is 9.80 Å². The molecule has 0 aromatic heterocycles. The number of nitrogens with zero attached hydrogens (tertiary/aromatic N) is 2. The number of rotatable bonds is 7. The Hall–Kier alpha value is -4.62. The van der Waals surface area contributed by atoms with Gasteiger partial charge in [0.1, 0.15) is 12.4 Å². The van der Waals surface area contributed by atoms with Gasteiger partial charge in [0.15, 0.2) is 0 Å². The molecule has 0 saturated carbocycles. The second kappa shape index (κ2) is 11.9. The lowest BCUT2D eigenvalue weighted by atomic mass is 9.89. The van der Waals surface area contributed by atoms with Crippen molar-refractivity contribution in [3.8, 4) is 5.75 Å². The summed E-state index contributed by atoms with van der Waals surface area (Å²) in [6.07, 6.45) is 0.557. The molecular formula is C33H29ClN2O5. The van der Waals surface area contributed by atoms with E-state index in [0.29, 0.717) is 22.8 Å². The number of carbonyl (C=O) groups excluding carboxylic acids is 2. The number of amides is 2. The molecule has 5 rings (SSSR count). The molecule has 4 aromatic rings. The Morgan fingerprint density at radius 2 is 1.63 bits per heavy atom. The average molecular weight is 569 g/mol. The van der Waals surface area contributed by atoms with Gasteiger partial charge >= 0.3 is 5.97 Å². The summed E-state index contributed by atoms with van der Waals surface area (Å²) in [5, 5.41) is 9.79. The molecule has 2 amide bonds. The summed E-state index contributed by atoms with van der Waals surface area (Å²) in [6.45, 7) is 3.74. The molecule has 1 aliphatic rings. The van der Waals surface area contributed by atoms with Crippen LogP contribution in [0.2, 0.25) is 5.02 Å². The first-order chi connectivity index (χ1) is 19.7. The molecule has 41 heavy (non-hydrogen) atoms. The monoisotopic (exact) mass is 568 g/mol. The van der Waals surface area contributed by atoms with Gasteiger partial charge in [0.25, 0.3) is 5.91 Å². The Kier molecular flexibility index (Phi) is 8.08. The third-order valence-corrected chi connectivity index (χ3v) is 7.47. The minimum atomic E-state index is -0.992. The Bertz CT molecular complexity index is 1590. The molecule has 0 saturated heterocycles. The molecule has 0 unspecified atom stereocenters. The van der Waals surface area contributed by atoms with Gasteiger partial charge in [-0.2, -0.15) is 0 Å². The summed E-state index contributed by atoms with van der Waals surface area (Å²) in [5.41, 5.74) is 3.85. The van der Waals surface area contributed by atoms with Crippen molar-refractivity contribution < 1.29 is 24.2 Å². The van der Waals surface area contributed by atoms with Crippen LogP contribution in [0, 0.1) is 0 Å². The zero-order valence-electron chi connectivity index (χ0n) is 22.7. The van der Waals surface area contributed by atoms with Crippen molar-refractivity contribution in [3.05, 3.63) is 124 Å². The van der Waals surface area contributed by atoms with E-state index in [2.05, 4.69) is 0 Å². The predicted molar refractivity (Wildman–Crippen MR) is 159 cm³/mol. The maximum atomic E-state index is 13.8. The number of carboxylic acid groups (broad SMARTS) is 1. The smallest absolute Gasteiger partial charge is 0.335 e. The average Bonchev–Trinajstić information content (AvgIpc) is 2.97. The summed E-state index contributed by atoms with van der Waals surface area (Å²) in [7, 11) is 0. The standard InChI is InChI=1S/C33H29ClN2O5/c1-21-18-31(36(22(2)37)27-14-12-26(34)13-15-27)29-8-3-4-9-30(29)35(21)32(38)24-10-16-28(17-11-24)41-20-23-6-5-7-25(19-23)33(39)40/h3-17,19,21,31H,18,20H2,1-2H3,(H,39,40)/t21-,31+/m0/s1. The van der Waals surface area contributed by atoms with E-state index in [1.54, 1.807) is 71.3 Å². The lowest BCUT2D eigenvalue weighted by Crippen LogP contribution is -2.47. The Labute approximate surface area is 243 Å². The number of hydrogen-bond acceptors (Lipinski definition) is 4. The van der Waals surface area contributed by atoms with Crippen molar-refractivity contribution in [1.29, 1.82) is 0 Å². The lowest BCUT2D eigenvalue weighted by Gasteiger charge is -2.43. The number of aromatic carboxylic acids is 1. The first kappa shape index (κ1) is 27.9. The molecule has 0 spiro atoms. The highest BCUT2D eigenvalue weighted by molar-refractivity contribution is 6.30. The number of ether oxygens (including phenoxy) is 1. The molecule has 0 radical (unpaired) electrons. The largest absolute Gasteiger partial charge is 0.489 e. The van der Waals surface area contributed by atoms with Crippen LogP contribution < -0.4 is 14.5 Å². The van der Waals surface area contributed by atoms with Gasteiger partial charge in [-0.15, -0.1) is 0 Å². The first-order valence-electron chi connectivity index (χ1n) is 13.3. The highest BCUT2D eigenvalue weighted by atomic mass is 35.5. The number of para-hydroxylation sites is 1. The topological polar surface area (TPSA) is 87.2 Å². The maximum Gasteiger partial charge on any atom is 0.335 e. The normalized spacial score (nSPS) is 16.0. The second-order valence-corrected chi connectivity index (χ2v) is 10.5. The van der Waals surface area contributed by atoms with Gasteiger partial charge in [0.2, 0.25) is 5.91 Å². The predicted octanol–water partition coefficient (Wildman–Crippen LogP) is 7.15. The zero-order valence-corrected chi connectivity index (χ0v) is 23.4. The SMILES string of the molecule is CC(=O)N(c1ccc(Cl)cc1)[C@@H]1C[C@H](C)N(C(=O)c2ccc(OCc3cccc(C(=O)O)c3)cc2)c2ccccc21. The van der Waals surface area contributed by atoms with E-state index in [-0.39, 0.29) is 36.1 Å². The van der Waals surface area contributed by atoms with E-state index in [1.807, 2.05) is 43.3 Å². The van der Waals surface area contributed by atoms with Gasteiger partial charge in [-0.05, 0) is 91.2 Å². The van der Waals surface area contributed by atoms with Crippen molar-refractivity contribution in [3.63, 3.8) is 0 Å². The van der Waals surface area contributed by atoms with E-state index in [9.17, 15) is 19.5 Å². The van der Waals surface area contributed by atoms with Crippen molar-refractivity contribution in [2.45, 2.75) is 39.0 Å². The summed E-state index contributed by atoms with van der Waals surface area (Å²) >= 11 is 6.09. The number of carbonyl (C=O) groups is 3. The van der Waals surface area contributed by atoms with Crippen LogP contribution in [0.15, 0.2) is 97.1 Å². The number of hydrogen-bond donors (Lipinski definition) is 1. The van der Waals surface area contributed by atoms with E-state index in [4.69, 9.17) is 16.3 Å². The van der Waals surface area contributed by atoms with E-state index in [1.165, 1.54) is 6.07 Å². The molecule has 1 heterocycles. The van der Waals surface area contributed by atoms with Crippen molar-refractivity contribution in [1.82, 2.24) is 0 Å². The number of carboxylic acids is 1. The van der Waals surface area contributed by atoms with Crippen molar-refractivity contribution in [2.24, 2.45) is 0 Å². The fourth-order valence-electron chi connectivity index (χ4n) is 5.31. The van der Waals surface area contributed by atoms with Crippen LogP contribution >= 0.6 is 11.6 Å². The summed E-state index contributed by atoms with van der Waals surface area (Å²) in [6, 6.07) is 28.0. The molecule has 208 valence electrons. The molecule has 0 fully saturated rings. The Morgan fingerprint density at radius 3 is 2.32 bits per heavy atom. The molecule has 1 N–H and O–H groups in total. The molecule has 4 aromatic carbocycles. The van der Waals surface area contributed by atoms with Gasteiger partial charge in [-0.25, -0.2) is 4.79 Å². The second-order valence-electron chi connectivity index (χ2n) is 10.0. The molecule has 2 atom stereocenters.